The minimum atomic E-state index is -0.0476. The maximum Gasteiger partial charge on any atom is 0.255 e. The van der Waals surface area contributed by atoms with Gasteiger partial charge in [-0.15, -0.1) is 0 Å². The van der Waals surface area contributed by atoms with E-state index in [0.717, 1.165) is 49.2 Å². The quantitative estimate of drug-likeness (QED) is 0.747. The largest absolute Gasteiger partial charge is 0.497 e. The van der Waals surface area contributed by atoms with Crippen molar-refractivity contribution in [3.63, 3.8) is 0 Å². The van der Waals surface area contributed by atoms with Gasteiger partial charge in [0.1, 0.15) is 17.6 Å². The number of carbonyl (C=O) groups is 1. The number of amides is 1. The number of para-hydroxylation sites is 1. The monoisotopic (exact) mass is 364 g/mol. The molecular formula is C22H24N2O3. The number of methoxy groups -OCH3 is 1. The molecule has 0 aliphatic carbocycles. The highest BCUT2D eigenvalue weighted by molar-refractivity contribution is 6.05. The number of hydrogen-bond donors (Lipinski definition) is 1. The van der Waals surface area contributed by atoms with Gasteiger partial charge in [-0.2, -0.15) is 0 Å². The minimum Gasteiger partial charge on any atom is -0.497 e. The Morgan fingerprint density at radius 3 is 2.63 bits per heavy atom. The number of carbonyl (C=O) groups excluding carboxylic acids is 1. The molecule has 1 amide bonds. The molecule has 0 atom stereocenters. The number of ether oxygens (including phenoxy) is 1. The molecule has 4 rings (SSSR count). The van der Waals surface area contributed by atoms with Gasteiger partial charge in [0, 0.05) is 31.1 Å². The van der Waals surface area contributed by atoms with Gasteiger partial charge in [-0.25, -0.2) is 0 Å². The third-order valence-electron chi connectivity index (χ3n) is 5.21. The van der Waals surface area contributed by atoms with Gasteiger partial charge in [0.15, 0.2) is 0 Å². The first-order valence-corrected chi connectivity index (χ1v) is 9.35. The third-order valence-corrected chi connectivity index (χ3v) is 5.21. The van der Waals surface area contributed by atoms with Gasteiger partial charge >= 0.3 is 0 Å². The van der Waals surface area contributed by atoms with Crippen LogP contribution in [0, 0.1) is 0 Å². The van der Waals surface area contributed by atoms with E-state index in [1.807, 2.05) is 36.4 Å². The van der Waals surface area contributed by atoms with E-state index in [0.29, 0.717) is 5.56 Å². The highest BCUT2D eigenvalue weighted by Crippen LogP contribution is 2.22. The summed E-state index contributed by atoms with van der Waals surface area (Å²) in [5.41, 5.74) is 2.64. The van der Waals surface area contributed by atoms with Crippen molar-refractivity contribution < 1.29 is 13.9 Å². The Hall–Kier alpha value is -2.79. The van der Waals surface area contributed by atoms with Gasteiger partial charge in [-0.3, -0.25) is 9.69 Å². The van der Waals surface area contributed by atoms with Crippen molar-refractivity contribution in [1.29, 1.82) is 0 Å². The fraction of sp³-hybridized carbons (Fsp3) is 0.318. The number of benzene rings is 2. The fourth-order valence-corrected chi connectivity index (χ4v) is 3.64. The average Bonchev–Trinajstić information content (AvgIpc) is 3.14. The predicted octanol–water partition coefficient (Wildman–Crippen LogP) is 3.84. The maximum atomic E-state index is 12.6. The molecule has 0 unspecified atom stereocenters. The summed E-state index contributed by atoms with van der Waals surface area (Å²) < 4.78 is 10.7. The first-order valence-electron chi connectivity index (χ1n) is 9.35. The smallest absolute Gasteiger partial charge is 0.255 e. The molecule has 1 fully saturated rings. The second-order valence-electron chi connectivity index (χ2n) is 7.02. The van der Waals surface area contributed by atoms with Gasteiger partial charge in [-0.1, -0.05) is 30.3 Å². The highest BCUT2D eigenvalue weighted by Gasteiger charge is 2.22. The van der Waals surface area contributed by atoms with E-state index in [2.05, 4.69) is 22.3 Å². The summed E-state index contributed by atoms with van der Waals surface area (Å²) in [5, 5.41) is 4.04. The van der Waals surface area contributed by atoms with Crippen LogP contribution < -0.4 is 10.1 Å². The lowest BCUT2D eigenvalue weighted by Gasteiger charge is -2.32. The summed E-state index contributed by atoms with van der Waals surface area (Å²) in [6.45, 7) is 2.88. The van der Waals surface area contributed by atoms with E-state index in [1.54, 1.807) is 13.4 Å². The van der Waals surface area contributed by atoms with Crippen LogP contribution in [0.15, 0.2) is 59.2 Å². The summed E-state index contributed by atoms with van der Waals surface area (Å²) >= 11 is 0. The molecule has 3 aromatic rings. The summed E-state index contributed by atoms with van der Waals surface area (Å²) in [6, 6.07) is 16.0. The molecule has 1 aromatic heterocycles. The molecule has 1 aliphatic heterocycles. The van der Waals surface area contributed by atoms with Gasteiger partial charge in [0.25, 0.3) is 5.91 Å². The van der Waals surface area contributed by atoms with E-state index in [4.69, 9.17) is 9.15 Å². The summed E-state index contributed by atoms with van der Waals surface area (Å²) in [6.07, 6.45) is 3.47. The van der Waals surface area contributed by atoms with Crippen molar-refractivity contribution in [2.75, 3.05) is 20.2 Å². The van der Waals surface area contributed by atoms with E-state index in [-0.39, 0.29) is 11.9 Å². The Bertz CT molecular complexity index is 909. The Kier molecular flexibility index (Phi) is 5.12. The first kappa shape index (κ1) is 17.6. The topological polar surface area (TPSA) is 54.7 Å². The minimum absolute atomic E-state index is 0.0476. The Morgan fingerprint density at radius 1 is 1.15 bits per heavy atom. The maximum absolute atomic E-state index is 12.6. The van der Waals surface area contributed by atoms with E-state index >= 15 is 0 Å². The van der Waals surface area contributed by atoms with Crippen LogP contribution in [-0.2, 0) is 6.54 Å². The van der Waals surface area contributed by atoms with Crippen LogP contribution in [0.3, 0.4) is 0 Å². The van der Waals surface area contributed by atoms with Gasteiger partial charge in [0.2, 0.25) is 0 Å². The van der Waals surface area contributed by atoms with E-state index < -0.39 is 0 Å². The molecule has 1 saturated heterocycles. The van der Waals surface area contributed by atoms with Gasteiger partial charge in [0.05, 0.1) is 12.7 Å². The van der Waals surface area contributed by atoms with Crippen molar-refractivity contribution in [2.45, 2.75) is 25.4 Å². The number of hydrogen-bond acceptors (Lipinski definition) is 4. The van der Waals surface area contributed by atoms with Crippen molar-refractivity contribution >= 4 is 16.9 Å². The van der Waals surface area contributed by atoms with Crippen molar-refractivity contribution in [3.8, 4) is 5.75 Å². The molecule has 0 saturated carbocycles. The number of likely N-dealkylation sites (tertiary alicyclic amines) is 1. The molecule has 0 radical (unpaired) electrons. The third kappa shape index (κ3) is 3.98. The fourth-order valence-electron chi connectivity index (χ4n) is 3.64. The predicted molar refractivity (Wildman–Crippen MR) is 105 cm³/mol. The molecule has 2 aromatic carbocycles. The molecule has 1 aliphatic rings. The molecule has 5 heteroatoms. The van der Waals surface area contributed by atoms with Gasteiger partial charge < -0.3 is 14.5 Å². The number of furan rings is 1. The molecular weight excluding hydrogens is 340 g/mol. The standard InChI is InChI=1S/C22H24N2O3/c1-26-18-8-6-16(7-9-18)14-24-12-10-17(11-13-24)23-22(25)20-15-27-21-5-3-2-4-19(20)21/h2-9,15,17H,10-14H2,1H3,(H,23,25). The lowest BCUT2D eigenvalue weighted by atomic mass is 10.0. The molecule has 0 spiro atoms. The number of nitrogens with one attached hydrogen (secondary N) is 1. The lowest BCUT2D eigenvalue weighted by molar-refractivity contribution is 0.0909. The normalized spacial score (nSPS) is 15.7. The van der Waals surface area contributed by atoms with E-state index in [1.165, 1.54) is 5.56 Å². The van der Waals surface area contributed by atoms with Crippen molar-refractivity contribution in [3.05, 3.63) is 65.9 Å². The molecule has 0 bridgehead atoms. The van der Waals surface area contributed by atoms with Gasteiger partial charge in [-0.05, 0) is 36.6 Å². The second kappa shape index (κ2) is 7.84. The number of fused-ring (bicyclic) bond motifs is 1. The van der Waals surface area contributed by atoms with Crippen LogP contribution in [0.5, 0.6) is 5.75 Å². The van der Waals surface area contributed by atoms with E-state index in [9.17, 15) is 4.79 Å². The van der Waals surface area contributed by atoms with Crippen molar-refractivity contribution in [2.24, 2.45) is 0 Å². The SMILES string of the molecule is COc1ccc(CN2CCC(NC(=O)c3coc4ccccc34)CC2)cc1. The number of nitrogens with zero attached hydrogens (tertiary/aromatic N) is 1. The Morgan fingerprint density at radius 2 is 1.89 bits per heavy atom. The summed E-state index contributed by atoms with van der Waals surface area (Å²) in [4.78, 5) is 15.1. The van der Waals surface area contributed by atoms with Crippen LogP contribution in [0.25, 0.3) is 11.0 Å². The number of piperidine rings is 1. The summed E-state index contributed by atoms with van der Waals surface area (Å²) in [7, 11) is 1.68. The van der Waals surface area contributed by atoms with Crippen LogP contribution in [-0.4, -0.2) is 37.0 Å². The zero-order chi connectivity index (χ0) is 18.6. The molecule has 5 nitrogen and oxygen atoms in total. The second-order valence-corrected chi connectivity index (χ2v) is 7.02. The highest BCUT2D eigenvalue weighted by atomic mass is 16.5. The molecule has 140 valence electrons. The zero-order valence-electron chi connectivity index (χ0n) is 15.5. The zero-order valence-corrected chi connectivity index (χ0v) is 15.5. The Balaban J connectivity index is 1.30. The number of rotatable bonds is 5. The average molecular weight is 364 g/mol. The van der Waals surface area contributed by atoms with Crippen LogP contribution in [0.2, 0.25) is 0 Å². The Labute approximate surface area is 158 Å². The lowest BCUT2D eigenvalue weighted by Crippen LogP contribution is -2.44. The van der Waals surface area contributed by atoms with Crippen LogP contribution >= 0.6 is 0 Å². The van der Waals surface area contributed by atoms with Crippen LogP contribution in [0.1, 0.15) is 28.8 Å². The molecule has 1 N–H and O–H groups in total. The molecule has 27 heavy (non-hydrogen) atoms. The van der Waals surface area contributed by atoms with Crippen LogP contribution in [0.4, 0.5) is 0 Å². The first-order chi connectivity index (χ1) is 13.2. The molecule has 2 heterocycles. The van der Waals surface area contributed by atoms with Crippen molar-refractivity contribution in [1.82, 2.24) is 10.2 Å². The summed E-state index contributed by atoms with van der Waals surface area (Å²) in [5.74, 6) is 0.834.